The van der Waals surface area contributed by atoms with Gasteiger partial charge in [-0.3, -0.25) is 14.7 Å². The number of hydrogen-bond acceptors (Lipinski definition) is 9. The van der Waals surface area contributed by atoms with Gasteiger partial charge in [0.25, 0.3) is 5.91 Å². The molecule has 0 bridgehead atoms. The van der Waals surface area contributed by atoms with Crippen molar-refractivity contribution in [2.75, 3.05) is 30.0 Å². The van der Waals surface area contributed by atoms with Crippen molar-refractivity contribution in [3.05, 3.63) is 60.6 Å². The minimum atomic E-state index is -1.45. The largest absolute Gasteiger partial charge is 0.481 e. The van der Waals surface area contributed by atoms with E-state index >= 15 is 0 Å². The molecule has 4 heterocycles. The normalized spacial score (nSPS) is 20.3. The van der Waals surface area contributed by atoms with E-state index in [0.29, 0.717) is 11.3 Å². The molecule has 2 aromatic heterocycles. The van der Waals surface area contributed by atoms with Crippen LogP contribution in [-0.2, 0) is 9.53 Å². The smallest absolute Gasteiger partial charge is 0.407 e. The van der Waals surface area contributed by atoms with Gasteiger partial charge in [0.05, 0.1) is 30.3 Å². The molecular formula is C33H38N6O7. The predicted molar refractivity (Wildman–Crippen MR) is 169 cm³/mol. The molecule has 4 amide bonds. The van der Waals surface area contributed by atoms with Crippen molar-refractivity contribution in [1.29, 1.82) is 0 Å². The van der Waals surface area contributed by atoms with E-state index in [4.69, 9.17) is 9.47 Å². The number of esters is 1. The molecule has 0 aliphatic carbocycles. The van der Waals surface area contributed by atoms with Gasteiger partial charge < -0.3 is 19.5 Å². The second-order valence-corrected chi connectivity index (χ2v) is 13.5. The second-order valence-electron chi connectivity index (χ2n) is 13.5. The highest BCUT2D eigenvalue weighted by Crippen LogP contribution is 2.50. The molecule has 13 heteroatoms. The van der Waals surface area contributed by atoms with Crippen molar-refractivity contribution in [3.63, 3.8) is 0 Å². The zero-order chi connectivity index (χ0) is 33.6. The Morgan fingerprint density at radius 2 is 1.67 bits per heavy atom. The third-order valence-electron chi connectivity index (χ3n) is 8.30. The molecule has 2 aliphatic rings. The average molecular weight is 631 g/mol. The van der Waals surface area contributed by atoms with Gasteiger partial charge >= 0.3 is 18.1 Å². The molecule has 0 radical (unpaired) electrons. The van der Waals surface area contributed by atoms with E-state index in [9.17, 15) is 24.3 Å². The molecule has 46 heavy (non-hydrogen) atoms. The molecule has 2 atom stereocenters. The Bertz CT molecular complexity index is 1660. The van der Waals surface area contributed by atoms with Crippen LogP contribution in [0.1, 0.15) is 58.3 Å². The number of amides is 4. The molecule has 13 nitrogen and oxygen atoms in total. The molecule has 2 fully saturated rings. The number of methoxy groups -OCH3 is 1. The monoisotopic (exact) mass is 630 g/mol. The number of carboxylic acid groups (broad SMARTS) is 1. The zero-order valence-electron chi connectivity index (χ0n) is 27.0. The summed E-state index contributed by atoms with van der Waals surface area (Å²) < 4.78 is 10.7. The number of rotatable bonds is 5. The van der Waals surface area contributed by atoms with Crippen LogP contribution in [0.4, 0.5) is 21.1 Å². The minimum Gasteiger partial charge on any atom is -0.481 e. The molecule has 2 aliphatic heterocycles. The number of likely N-dealkylation sites (tertiary alicyclic amines) is 1. The van der Waals surface area contributed by atoms with Gasteiger partial charge in [-0.1, -0.05) is 32.9 Å². The maximum Gasteiger partial charge on any atom is 0.407 e. The number of nitrogens with zero attached hydrogens (tertiary/aromatic N) is 6. The van der Waals surface area contributed by atoms with Crippen LogP contribution < -0.4 is 14.5 Å². The number of ether oxygens (including phenoxy) is 2. The fraction of sp³-hybridized carbons (Fsp3) is 0.424. The summed E-state index contributed by atoms with van der Waals surface area (Å²) in [7, 11) is 1.44. The first kappa shape index (κ1) is 32.3. The lowest BCUT2D eigenvalue weighted by Crippen LogP contribution is -2.66. The summed E-state index contributed by atoms with van der Waals surface area (Å²) in [5.41, 5.74) is -0.727. The predicted octanol–water partition coefficient (Wildman–Crippen LogP) is 5.26. The number of benzene rings is 1. The van der Waals surface area contributed by atoms with Gasteiger partial charge in [-0.15, -0.1) is 0 Å². The van der Waals surface area contributed by atoms with Crippen LogP contribution in [0, 0.1) is 11.3 Å². The van der Waals surface area contributed by atoms with Crippen LogP contribution in [0.25, 0.3) is 11.3 Å². The first-order valence-corrected chi connectivity index (χ1v) is 14.9. The van der Waals surface area contributed by atoms with Crippen LogP contribution in [0.15, 0.2) is 55.0 Å². The number of carbonyl (C=O) groups excluding carboxylic acids is 3. The van der Waals surface area contributed by atoms with Gasteiger partial charge in [-0.2, -0.15) is 0 Å². The highest BCUT2D eigenvalue weighted by Gasteiger charge is 2.66. The third kappa shape index (κ3) is 5.84. The van der Waals surface area contributed by atoms with E-state index in [2.05, 4.69) is 15.0 Å². The van der Waals surface area contributed by atoms with Gasteiger partial charge in [0.1, 0.15) is 23.3 Å². The highest BCUT2D eigenvalue weighted by molar-refractivity contribution is 6.30. The van der Waals surface area contributed by atoms with Gasteiger partial charge in [0.2, 0.25) is 5.88 Å². The highest BCUT2D eigenvalue weighted by atomic mass is 16.6. The van der Waals surface area contributed by atoms with Crippen molar-refractivity contribution in [2.45, 2.75) is 59.1 Å². The lowest BCUT2D eigenvalue weighted by Gasteiger charge is -2.51. The van der Waals surface area contributed by atoms with Crippen molar-refractivity contribution in [3.8, 4) is 17.1 Å². The first-order chi connectivity index (χ1) is 21.6. The van der Waals surface area contributed by atoms with E-state index in [0.717, 1.165) is 10.5 Å². The fourth-order valence-corrected chi connectivity index (χ4v) is 6.17. The Labute approximate surface area is 267 Å². The summed E-state index contributed by atoms with van der Waals surface area (Å²) in [6.45, 7) is 11.3. The van der Waals surface area contributed by atoms with E-state index in [1.165, 1.54) is 35.5 Å². The molecule has 2 saturated heterocycles. The van der Waals surface area contributed by atoms with Gasteiger partial charge in [-0.05, 0) is 56.9 Å². The number of imide groups is 1. The Kier molecular flexibility index (Phi) is 8.22. The number of anilines is 2. The molecule has 5 rings (SSSR count). The number of pyridine rings is 1. The quantitative estimate of drug-likeness (QED) is 0.291. The number of carbonyl (C=O) groups is 4. The van der Waals surface area contributed by atoms with Crippen molar-refractivity contribution in [1.82, 2.24) is 19.9 Å². The summed E-state index contributed by atoms with van der Waals surface area (Å²) in [5.74, 6) is -1.14. The van der Waals surface area contributed by atoms with Crippen LogP contribution in [0.3, 0.4) is 0 Å². The molecule has 1 spiro atoms. The van der Waals surface area contributed by atoms with E-state index in [1.807, 2.05) is 20.8 Å². The fourth-order valence-electron chi connectivity index (χ4n) is 6.17. The lowest BCUT2D eigenvalue weighted by atomic mass is 9.64. The Morgan fingerprint density at radius 1 is 0.978 bits per heavy atom. The lowest BCUT2D eigenvalue weighted by molar-refractivity contribution is -0.127. The molecule has 242 valence electrons. The molecule has 3 aromatic rings. The standard InChI is InChI=1S/C33H38N6O7/c1-31(2,3)24-18-37(30(43)44)15-14-33(24)28(41)38(29(42)39(33)25-16-26(45-7)36-19-35-25)22-12-13-23(34-17-22)20-8-10-21(11-9-20)27(40)46-32(4,5)6/h8-13,16-17,19,24H,14-15,18H2,1-7H3,(H,43,44). The zero-order valence-corrected chi connectivity index (χ0v) is 27.0. The minimum absolute atomic E-state index is 0.0425. The second kappa shape index (κ2) is 11.7. The van der Waals surface area contributed by atoms with E-state index in [-0.39, 0.29) is 36.9 Å². The van der Waals surface area contributed by atoms with Crippen molar-refractivity contribution < 1.29 is 33.8 Å². The summed E-state index contributed by atoms with van der Waals surface area (Å²) in [4.78, 5) is 70.2. The number of urea groups is 1. The van der Waals surface area contributed by atoms with Gasteiger partial charge in [0.15, 0.2) is 0 Å². The maximum atomic E-state index is 14.7. The Balaban J connectivity index is 1.53. The van der Waals surface area contributed by atoms with Crippen LogP contribution >= 0.6 is 0 Å². The topological polar surface area (TPSA) is 155 Å². The van der Waals surface area contributed by atoms with E-state index in [1.54, 1.807) is 57.2 Å². The first-order valence-electron chi connectivity index (χ1n) is 14.9. The van der Waals surface area contributed by atoms with Gasteiger partial charge in [0, 0.05) is 30.6 Å². The molecular weight excluding hydrogens is 592 g/mol. The Morgan fingerprint density at radius 3 is 2.24 bits per heavy atom. The SMILES string of the molecule is COc1cc(N2C(=O)N(c3ccc(-c4ccc(C(=O)OC(C)(C)C)cc4)nc3)C(=O)C23CCN(C(=O)O)CC3C(C)(C)C)ncn1. The molecule has 1 aromatic carbocycles. The van der Waals surface area contributed by atoms with Crippen LogP contribution in [0.5, 0.6) is 5.88 Å². The number of hydrogen-bond donors (Lipinski definition) is 1. The third-order valence-corrected chi connectivity index (χ3v) is 8.30. The van der Waals surface area contributed by atoms with Crippen LogP contribution in [-0.4, -0.2) is 80.3 Å². The summed E-state index contributed by atoms with van der Waals surface area (Å²) in [5, 5.41) is 9.84. The summed E-state index contributed by atoms with van der Waals surface area (Å²) in [6.07, 6.45) is 1.67. The van der Waals surface area contributed by atoms with Crippen LogP contribution in [0.2, 0.25) is 0 Å². The van der Waals surface area contributed by atoms with Gasteiger partial charge in [-0.25, -0.2) is 29.3 Å². The van der Waals surface area contributed by atoms with Crippen molar-refractivity contribution >= 4 is 35.5 Å². The van der Waals surface area contributed by atoms with E-state index < -0.39 is 46.5 Å². The molecule has 1 N–H and O–H groups in total. The summed E-state index contributed by atoms with van der Waals surface area (Å²) >= 11 is 0. The average Bonchev–Trinajstić information content (AvgIpc) is 3.21. The number of piperidine rings is 1. The molecule has 2 unspecified atom stereocenters. The maximum absolute atomic E-state index is 14.7. The number of aromatic nitrogens is 3. The summed E-state index contributed by atoms with van der Waals surface area (Å²) in [6, 6.07) is 11.0. The molecule has 0 saturated carbocycles. The Hall–Kier alpha value is -5.07. The van der Waals surface area contributed by atoms with Crippen molar-refractivity contribution in [2.24, 2.45) is 11.3 Å².